The van der Waals surface area contributed by atoms with Crippen LogP contribution in [0.15, 0.2) is 78.9 Å². The van der Waals surface area contributed by atoms with Crippen molar-refractivity contribution in [3.63, 3.8) is 0 Å². The normalized spacial score (nSPS) is 11.2. The highest BCUT2D eigenvalue weighted by molar-refractivity contribution is 5.67. The predicted octanol–water partition coefficient (Wildman–Crippen LogP) is 6.97. The van der Waals surface area contributed by atoms with Crippen LogP contribution in [0.1, 0.15) is 25.2 Å². The van der Waals surface area contributed by atoms with E-state index in [2.05, 4.69) is 9.83 Å². The highest BCUT2D eigenvalue weighted by Crippen LogP contribution is 2.34. The Morgan fingerprint density at radius 2 is 1.35 bits per heavy atom. The molecule has 5 heteroatoms. The summed E-state index contributed by atoms with van der Waals surface area (Å²) >= 11 is 0. The van der Waals surface area contributed by atoms with Crippen molar-refractivity contribution in [2.24, 2.45) is 0 Å². The van der Waals surface area contributed by atoms with Gasteiger partial charge >= 0.3 is 0 Å². The van der Waals surface area contributed by atoms with Crippen molar-refractivity contribution in [2.45, 2.75) is 19.3 Å². The number of pyridine rings is 2. The van der Waals surface area contributed by atoms with Crippen LogP contribution < -0.4 is 0 Å². The zero-order valence-corrected chi connectivity index (χ0v) is 17.1. The van der Waals surface area contributed by atoms with Gasteiger partial charge in [0.2, 0.25) is 0 Å². The summed E-state index contributed by atoms with van der Waals surface area (Å²) in [5.74, 6) is -1.78. The van der Waals surface area contributed by atoms with Gasteiger partial charge in [-0.25, -0.2) is 13.6 Å². The van der Waals surface area contributed by atoms with Crippen LogP contribution in [0.25, 0.3) is 27.4 Å². The first-order valence-corrected chi connectivity index (χ1v) is 9.78. The van der Waals surface area contributed by atoms with E-state index in [0.29, 0.717) is 11.4 Å². The summed E-state index contributed by atoms with van der Waals surface area (Å²) in [4.78, 5) is 12.5. The molecule has 0 atom stereocenters. The minimum atomic E-state index is -0.901. The number of halogens is 2. The van der Waals surface area contributed by atoms with E-state index in [0.717, 1.165) is 23.0 Å². The van der Waals surface area contributed by atoms with Gasteiger partial charge in [-0.05, 0) is 50.2 Å². The number of benzene rings is 2. The molecule has 0 radical (unpaired) electrons. The second-order valence-corrected chi connectivity index (χ2v) is 7.68. The van der Waals surface area contributed by atoms with Crippen molar-refractivity contribution < 1.29 is 8.78 Å². The zero-order valence-electron chi connectivity index (χ0n) is 17.1. The zero-order chi connectivity index (χ0) is 22.0. The molecule has 2 aromatic carbocycles. The van der Waals surface area contributed by atoms with E-state index in [1.54, 1.807) is 12.1 Å². The predicted molar refractivity (Wildman–Crippen MR) is 118 cm³/mol. The molecule has 2 heterocycles. The average Bonchev–Trinajstić information content (AvgIpc) is 2.80. The molecule has 0 N–H and O–H groups in total. The lowest BCUT2D eigenvalue weighted by molar-refractivity contribution is 0.590. The summed E-state index contributed by atoms with van der Waals surface area (Å²) in [6, 6.07) is 23.4. The average molecular weight is 411 g/mol. The molecule has 0 aliphatic heterocycles. The van der Waals surface area contributed by atoms with Crippen LogP contribution in [0.2, 0.25) is 0 Å². The number of hydrogen-bond donors (Lipinski definition) is 0. The molecule has 31 heavy (non-hydrogen) atoms. The summed E-state index contributed by atoms with van der Waals surface area (Å²) in [7, 11) is 0. The molecule has 4 aromatic rings. The van der Waals surface area contributed by atoms with Crippen LogP contribution >= 0.6 is 0 Å². The van der Waals surface area contributed by atoms with Gasteiger partial charge < -0.3 is 0 Å². The third-order valence-corrected chi connectivity index (χ3v) is 5.30. The third kappa shape index (κ3) is 3.80. The Bertz CT molecular complexity index is 1290. The van der Waals surface area contributed by atoms with E-state index >= 15 is 0 Å². The highest BCUT2D eigenvalue weighted by Gasteiger charge is 2.27. The lowest BCUT2D eigenvalue weighted by atomic mass is 9.84. The van der Waals surface area contributed by atoms with E-state index in [1.165, 1.54) is 6.07 Å². The molecule has 0 saturated heterocycles. The van der Waals surface area contributed by atoms with Crippen molar-refractivity contribution in [2.75, 3.05) is 0 Å². The summed E-state index contributed by atoms with van der Waals surface area (Å²) in [5, 5.41) is 0. The highest BCUT2D eigenvalue weighted by atomic mass is 19.1. The number of hydrogen-bond acceptors (Lipinski definition) is 2. The van der Waals surface area contributed by atoms with Crippen LogP contribution in [0.4, 0.5) is 14.5 Å². The molecule has 3 nitrogen and oxygen atoms in total. The van der Waals surface area contributed by atoms with Gasteiger partial charge in [-0.2, -0.15) is 0 Å². The Balaban J connectivity index is 1.77. The van der Waals surface area contributed by atoms with Gasteiger partial charge in [0.1, 0.15) is 11.6 Å². The van der Waals surface area contributed by atoms with Crippen LogP contribution in [0.3, 0.4) is 0 Å². The lowest BCUT2D eigenvalue weighted by Gasteiger charge is -2.25. The SMILES string of the molecule is [C-]#[N+]c1c(F)ccc(-c2cccc(C(C)(C)c3cccc(-c4ccccc4)n3)n2)c1F. The van der Waals surface area contributed by atoms with Crippen LogP contribution in [-0.4, -0.2) is 9.97 Å². The number of nitrogens with zero attached hydrogens (tertiary/aromatic N) is 3. The van der Waals surface area contributed by atoms with E-state index in [9.17, 15) is 8.78 Å². The first-order valence-electron chi connectivity index (χ1n) is 9.78. The van der Waals surface area contributed by atoms with Crippen molar-refractivity contribution >= 4 is 5.69 Å². The molecule has 0 spiro atoms. The molecule has 0 unspecified atom stereocenters. The summed E-state index contributed by atoms with van der Waals surface area (Å²) in [5.41, 5.74) is 2.62. The van der Waals surface area contributed by atoms with Crippen LogP contribution in [0, 0.1) is 18.2 Å². The first kappa shape index (κ1) is 20.4. The van der Waals surface area contributed by atoms with Crippen molar-refractivity contribution in [1.82, 2.24) is 9.97 Å². The summed E-state index contributed by atoms with van der Waals surface area (Å²) in [6.07, 6.45) is 0. The fourth-order valence-corrected chi connectivity index (χ4v) is 3.46. The van der Waals surface area contributed by atoms with Gasteiger partial charge in [-0.1, -0.05) is 42.5 Å². The fourth-order valence-electron chi connectivity index (χ4n) is 3.46. The molecule has 2 aromatic heterocycles. The van der Waals surface area contributed by atoms with E-state index < -0.39 is 22.7 Å². The number of rotatable bonds is 4. The second kappa shape index (κ2) is 8.08. The van der Waals surface area contributed by atoms with Gasteiger partial charge in [0.15, 0.2) is 0 Å². The van der Waals surface area contributed by atoms with Crippen LogP contribution in [-0.2, 0) is 5.41 Å². The van der Waals surface area contributed by atoms with Crippen molar-refractivity contribution in [1.29, 1.82) is 0 Å². The van der Waals surface area contributed by atoms with Crippen molar-refractivity contribution in [3.8, 4) is 22.5 Å². The molecular formula is C26H19F2N3. The van der Waals surface area contributed by atoms with Gasteiger partial charge in [-0.15, -0.1) is 0 Å². The topological polar surface area (TPSA) is 30.1 Å². The minimum Gasteiger partial charge on any atom is -0.252 e. The second-order valence-electron chi connectivity index (χ2n) is 7.68. The molecule has 0 fully saturated rings. The Morgan fingerprint density at radius 1 is 0.742 bits per heavy atom. The maximum absolute atomic E-state index is 14.7. The van der Waals surface area contributed by atoms with Gasteiger partial charge in [-0.3, -0.25) is 9.97 Å². The van der Waals surface area contributed by atoms with E-state index in [4.69, 9.17) is 11.6 Å². The Morgan fingerprint density at radius 3 is 2.00 bits per heavy atom. The molecule has 4 rings (SSSR count). The molecule has 0 aliphatic rings. The molecule has 0 amide bonds. The first-order chi connectivity index (χ1) is 14.9. The van der Waals surface area contributed by atoms with Crippen LogP contribution in [0.5, 0.6) is 0 Å². The lowest BCUT2D eigenvalue weighted by Crippen LogP contribution is -2.22. The quantitative estimate of drug-likeness (QED) is 0.340. The molecular weight excluding hydrogens is 392 g/mol. The standard InChI is InChI=1S/C26H19F2N3/c1-26(2,22-13-7-11-20(30-22)17-9-5-4-6-10-17)23-14-8-12-21(31-23)18-15-16-19(27)25(29-3)24(18)28/h4-16H,1-2H3. The largest absolute Gasteiger partial charge is 0.257 e. The third-order valence-electron chi connectivity index (χ3n) is 5.30. The van der Waals surface area contributed by atoms with E-state index in [-0.39, 0.29) is 5.56 Å². The maximum Gasteiger partial charge on any atom is 0.257 e. The Hall–Kier alpha value is -3.91. The fraction of sp³-hybridized carbons (Fsp3) is 0.115. The minimum absolute atomic E-state index is 0.0936. The van der Waals surface area contributed by atoms with Crippen molar-refractivity contribution in [3.05, 3.63) is 113 Å². The molecule has 0 bridgehead atoms. The molecule has 0 saturated carbocycles. The summed E-state index contributed by atoms with van der Waals surface area (Å²) < 4.78 is 28.4. The van der Waals surface area contributed by atoms with Gasteiger partial charge in [0, 0.05) is 16.5 Å². The summed E-state index contributed by atoms with van der Waals surface area (Å²) in [6.45, 7) is 11.0. The van der Waals surface area contributed by atoms with E-state index in [1.807, 2.05) is 68.4 Å². The molecule has 152 valence electrons. The monoisotopic (exact) mass is 411 g/mol. The molecule has 0 aliphatic carbocycles. The Labute approximate surface area is 179 Å². The van der Waals surface area contributed by atoms with Gasteiger partial charge in [0.05, 0.1) is 29.3 Å². The maximum atomic E-state index is 14.7. The Kier molecular flexibility index (Phi) is 5.31. The smallest absolute Gasteiger partial charge is 0.252 e. The number of aromatic nitrogens is 2. The van der Waals surface area contributed by atoms with Gasteiger partial charge in [0.25, 0.3) is 5.69 Å².